The third-order valence-corrected chi connectivity index (χ3v) is 5.74. The lowest BCUT2D eigenvalue weighted by Crippen LogP contribution is -2.60. The topological polar surface area (TPSA) is 130 Å². The number of hydrogen-bond acceptors (Lipinski definition) is 5. The zero-order chi connectivity index (χ0) is 16.9. The van der Waals surface area contributed by atoms with E-state index in [0.29, 0.717) is 0 Å². The van der Waals surface area contributed by atoms with Crippen molar-refractivity contribution < 1.29 is 38.5 Å². The van der Waals surface area contributed by atoms with Gasteiger partial charge in [-0.15, -0.1) is 0 Å². The van der Waals surface area contributed by atoms with Crippen molar-refractivity contribution in [2.75, 3.05) is 20.3 Å². The number of carbonyl (C=O) groups excluding carboxylic acids is 1. The van der Waals surface area contributed by atoms with Gasteiger partial charge in [-0.1, -0.05) is 13.8 Å². The lowest BCUT2D eigenvalue weighted by molar-refractivity contribution is -0.168. The Bertz CT molecular complexity index is 431. The van der Waals surface area contributed by atoms with Crippen molar-refractivity contribution in [3.63, 3.8) is 0 Å². The van der Waals surface area contributed by atoms with Gasteiger partial charge in [-0.3, -0.25) is 14.2 Å². The molecule has 0 fully saturated rings. The van der Waals surface area contributed by atoms with Crippen LogP contribution in [0.1, 0.15) is 33.6 Å². The van der Waals surface area contributed by atoms with Crippen LogP contribution in [0.3, 0.4) is 0 Å². The van der Waals surface area contributed by atoms with Gasteiger partial charge in [0.05, 0.1) is 13.2 Å². The van der Waals surface area contributed by atoms with Crippen molar-refractivity contribution in [3.8, 4) is 0 Å². The molecule has 3 N–H and O–H groups in total. The zero-order valence-corrected chi connectivity index (χ0v) is 13.6. The molecule has 21 heavy (non-hydrogen) atoms. The van der Waals surface area contributed by atoms with Crippen molar-refractivity contribution >= 4 is 19.5 Å². The van der Waals surface area contributed by atoms with Gasteiger partial charge in [0.25, 0.3) is 0 Å². The molecule has 0 aliphatic heterocycles. The summed E-state index contributed by atoms with van der Waals surface area (Å²) in [6.07, 6.45) is -0.590. The number of carboxylic acid groups (broad SMARTS) is 1. The van der Waals surface area contributed by atoms with Crippen LogP contribution in [0.4, 0.5) is 0 Å². The first kappa shape index (κ1) is 20.1. The van der Waals surface area contributed by atoms with Gasteiger partial charge in [0, 0.05) is 7.11 Å². The molecule has 2 unspecified atom stereocenters. The van der Waals surface area contributed by atoms with E-state index in [1.807, 2.05) is 0 Å². The average molecular weight is 326 g/mol. The lowest BCUT2D eigenvalue weighted by Gasteiger charge is -2.44. The molecular formula is C12H23O8P. The monoisotopic (exact) mass is 326 g/mol. The van der Waals surface area contributed by atoms with Crippen molar-refractivity contribution in [1.29, 1.82) is 0 Å². The number of rotatable bonds is 9. The number of hydrogen-bond donors (Lipinski definition) is 3. The van der Waals surface area contributed by atoms with Gasteiger partial charge in [-0.2, -0.15) is 0 Å². The molecule has 0 radical (unpaired) electrons. The summed E-state index contributed by atoms with van der Waals surface area (Å²) in [5, 5.41) is 7.08. The standard InChI is InChI=1S/C12H23O8P/c1-5-11(8-19-4,9(13)14)12(6-2,21(16,17)18)10(15)20-7-3/h5-8H2,1-4H3,(H,13,14)(H2,16,17,18). The van der Waals surface area contributed by atoms with Gasteiger partial charge in [-0.05, 0) is 19.8 Å². The summed E-state index contributed by atoms with van der Waals surface area (Å²) in [4.78, 5) is 43.6. The van der Waals surface area contributed by atoms with E-state index in [1.165, 1.54) is 27.9 Å². The van der Waals surface area contributed by atoms with Crippen LogP contribution >= 0.6 is 7.60 Å². The molecule has 2 atom stereocenters. The number of aliphatic carboxylic acids is 1. The molecular weight excluding hydrogens is 303 g/mol. The number of carbonyl (C=O) groups is 2. The van der Waals surface area contributed by atoms with Crippen LogP contribution in [0.2, 0.25) is 0 Å². The molecule has 0 saturated carbocycles. The Labute approximate surface area is 123 Å². The molecule has 0 saturated heterocycles. The minimum atomic E-state index is -5.15. The van der Waals surface area contributed by atoms with E-state index in [2.05, 4.69) is 0 Å². The minimum absolute atomic E-state index is 0.118. The predicted octanol–water partition coefficient (Wildman–Crippen LogP) is 1.00. The van der Waals surface area contributed by atoms with Crippen LogP contribution < -0.4 is 0 Å². The fourth-order valence-corrected chi connectivity index (χ4v) is 4.27. The Morgan fingerprint density at radius 3 is 1.90 bits per heavy atom. The molecule has 0 aromatic carbocycles. The third-order valence-electron chi connectivity index (χ3n) is 3.82. The van der Waals surface area contributed by atoms with Crippen molar-refractivity contribution in [3.05, 3.63) is 0 Å². The van der Waals surface area contributed by atoms with E-state index in [4.69, 9.17) is 9.47 Å². The molecule has 0 rings (SSSR count). The maximum absolute atomic E-state index is 12.3. The molecule has 0 amide bonds. The SMILES string of the molecule is CCOC(=O)C(CC)(C(CC)(COC)C(=O)O)P(=O)(O)O. The van der Waals surface area contributed by atoms with E-state index < -0.39 is 36.7 Å². The Morgan fingerprint density at radius 1 is 1.14 bits per heavy atom. The summed E-state index contributed by atoms with van der Waals surface area (Å²) in [7, 11) is -3.94. The number of carboxylic acids is 1. The van der Waals surface area contributed by atoms with Gasteiger partial charge in [0.2, 0.25) is 0 Å². The smallest absolute Gasteiger partial charge is 0.344 e. The normalized spacial score (nSPS) is 17.6. The molecule has 0 bridgehead atoms. The molecule has 0 spiro atoms. The first-order valence-corrected chi connectivity index (χ1v) is 8.17. The highest BCUT2D eigenvalue weighted by Gasteiger charge is 2.69. The van der Waals surface area contributed by atoms with Crippen LogP contribution in [0.5, 0.6) is 0 Å². The van der Waals surface area contributed by atoms with E-state index >= 15 is 0 Å². The molecule has 9 heteroatoms. The Kier molecular flexibility index (Phi) is 7.02. The summed E-state index contributed by atoms with van der Waals surface area (Å²) in [6.45, 7) is 3.62. The van der Waals surface area contributed by atoms with E-state index in [9.17, 15) is 29.0 Å². The Balaban J connectivity index is 6.50. The second-order valence-corrected chi connectivity index (χ2v) is 6.50. The van der Waals surface area contributed by atoms with Gasteiger partial charge in [0.15, 0.2) is 5.16 Å². The molecule has 0 aromatic rings. The van der Waals surface area contributed by atoms with Crippen LogP contribution in [0.25, 0.3) is 0 Å². The second-order valence-electron chi connectivity index (χ2n) is 4.65. The molecule has 0 heterocycles. The highest BCUT2D eigenvalue weighted by Crippen LogP contribution is 2.63. The maximum Gasteiger partial charge on any atom is 0.344 e. The summed E-state index contributed by atoms with van der Waals surface area (Å²) >= 11 is 0. The number of methoxy groups -OCH3 is 1. The maximum atomic E-state index is 12.3. The van der Waals surface area contributed by atoms with Gasteiger partial charge in [-0.25, -0.2) is 0 Å². The molecule has 0 aliphatic carbocycles. The first-order valence-electron chi connectivity index (χ1n) is 6.56. The lowest BCUT2D eigenvalue weighted by atomic mass is 9.71. The van der Waals surface area contributed by atoms with Crippen LogP contribution in [0.15, 0.2) is 0 Å². The highest BCUT2D eigenvalue weighted by atomic mass is 31.2. The largest absolute Gasteiger partial charge is 0.481 e. The fraction of sp³-hybridized carbons (Fsp3) is 0.833. The highest BCUT2D eigenvalue weighted by molar-refractivity contribution is 7.55. The molecule has 8 nitrogen and oxygen atoms in total. The quantitative estimate of drug-likeness (QED) is 0.422. The Morgan fingerprint density at radius 2 is 1.67 bits per heavy atom. The van der Waals surface area contributed by atoms with E-state index in [-0.39, 0.29) is 19.4 Å². The number of esters is 1. The molecule has 0 aliphatic rings. The van der Waals surface area contributed by atoms with Crippen molar-refractivity contribution in [1.82, 2.24) is 0 Å². The van der Waals surface area contributed by atoms with Gasteiger partial charge < -0.3 is 24.4 Å². The van der Waals surface area contributed by atoms with Crippen molar-refractivity contribution in [2.45, 2.75) is 38.8 Å². The third kappa shape index (κ3) is 3.13. The predicted molar refractivity (Wildman–Crippen MR) is 73.9 cm³/mol. The number of ether oxygens (including phenoxy) is 2. The van der Waals surface area contributed by atoms with Crippen molar-refractivity contribution in [2.24, 2.45) is 5.41 Å². The fourth-order valence-electron chi connectivity index (χ4n) is 2.68. The van der Waals surface area contributed by atoms with Crippen LogP contribution in [0, 0.1) is 5.41 Å². The minimum Gasteiger partial charge on any atom is -0.481 e. The van der Waals surface area contributed by atoms with E-state index in [1.54, 1.807) is 0 Å². The van der Waals surface area contributed by atoms with Gasteiger partial charge >= 0.3 is 19.5 Å². The van der Waals surface area contributed by atoms with Crippen LogP contribution in [-0.2, 0) is 23.6 Å². The summed E-state index contributed by atoms with van der Waals surface area (Å²) in [5.41, 5.74) is -2.08. The van der Waals surface area contributed by atoms with E-state index in [0.717, 1.165) is 0 Å². The molecule has 124 valence electrons. The zero-order valence-electron chi connectivity index (χ0n) is 12.7. The summed E-state index contributed by atoms with van der Waals surface area (Å²) in [6, 6.07) is 0. The average Bonchev–Trinajstić information content (AvgIpc) is 2.37. The second kappa shape index (κ2) is 7.35. The first-order chi connectivity index (χ1) is 9.61. The Hall–Kier alpha value is -0.950. The summed E-state index contributed by atoms with van der Waals surface area (Å²) in [5.74, 6) is -2.73. The molecule has 0 aromatic heterocycles. The summed E-state index contributed by atoms with van der Waals surface area (Å²) < 4.78 is 21.7. The van der Waals surface area contributed by atoms with Crippen LogP contribution in [-0.4, -0.2) is 52.3 Å². The van der Waals surface area contributed by atoms with Gasteiger partial charge in [0.1, 0.15) is 5.41 Å².